The average Bonchev–Trinajstić information content (AvgIpc) is 2.78. The van der Waals surface area contributed by atoms with Crippen LogP contribution in [-0.4, -0.2) is 11.4 Å². The number of rotatable bonds is 13. The van der Waals surface area contributed by atoms with Crippen molar-refractivity contribution < 1.29 is 0 Å². The van der Waals surface area contributed by atoms with Gasteiger partial charge in [-0.1, -0.05) is 108 Å². The Morgan fingerprint density at radius 1 is 0.793 bits per heavy atom. The van der Waals surface area contributed by atoms with Crippen molar-refractivity contribution in [2.75, 3.05) is 6.54 Å². The van der Waals surface area contributed by atoms with Gasteiger partial charge in [-0.2, -0.15) is 0 Å². The Morgan fingerprint density at radius 3 is 1.93 bits per heavy atom. The van der Waals surface area contributed by atoms with Crippen molar-refractivity contribution in [3.05, 3.63) is 83.9 Å². The number of aryl methyl sites for hydroxylation is 1. The first-order valence-electron chi connectivity index (χ1n) is 11.7. The molecule has 2 rings (SSSR count). The number of allylic oxidation sites excluding steroid dienone is 1. The molecule has 0 amide bonds. The summed E-state index contributed by atoms with van der Waals surface area (Å²) in [4.78, 5) is 2.59. The summed E-state index contributed by atoms with van der Waals surface area (Å²) >= 11 is 0. The second-order valence-electron chi connectivity index (χ2n) is 7.65. The molecule has 0 fully saturated rings. The van der Waals surface area contributed by atoms with E-state index in [0.717, 1.165) is 26.1 Å². The Hall–Kier alpha value is -1.86. The Bertz CT molecular complexity index is 629. The van der Waals surface area contributed by atoms with Crippen LogP contribution in [0.4, 0.5) is 0 Å². The van der Waals surface area contributed by atoms with Crippen molar-refractivity contribution in [1.82, 2.24) is 4.90 Å². The highest BCUT2D eigenvalue weighted by Gasteiger charge is 2.11. The molecule has 0 radical (unpaired) electrons. The Morgan fingerprint density at radius 2 is 1.38 bits per heavy atom. The molecule has 0 aliphatic rings. The first-order chi connectivity index (χ1) is 14.2. The zero-order chi connectivity index (χ0) is 21.3. The highest BCUT2D eigenvalue weighted by molar-refractivity contribution is 5.22. The highest BCUT2D eigenvalue weighted by Crippen LogP contribution is 2.18. The fourth-order valence-corrected chi connectivity index (χ4v) is 3.58. The first kappa shape index (κ1) is 25.2. The molecule has 2 aromatic carbocycles. The van der Waals surface area contributed by atoms with Gasteiger partial charge in [0, 0.05) is 13.1 Å². The third-order valence-electron chi connectivity index (χ3n) is 5.41. The largest absolute Gasteiger partial charge is 0.295 e. The fraction of sp³-hybridized carbons (Fsp3) is 0.500. The Labute approximate surface area is 180 Å². The number of benzene rings is 2. The fourth-order valence-electron chi connectivity index (χ4n) is 3.58. The number of hydrogen-bond acceptors (Lipinski definition) is 1. The molecule has 0 heterocycles. The van der Waals surface area contributed by atoms with Gasteiger partial charge in [-0.25, -0.2) is 0 Å². The summed E-state index contributed by atoms with van der Waals surface area (Å²) < 4.78 is 0. The SMILES string of the molecule is C=CC(CCCCC)CCN(Cc1ccccc1)Cc1ccc(CC)cc1.CC. The summed E-state index contributed by atoms with van der Waals surface area (Å²) in [6, 6.07) is 20.0. The van der Waals surface area contributed by atoms with Crippen molar-refractivity contribution in [3.8, 4) is 0 Å². The van der Waals surface area contributed by atoms with Crippen LogP contribution in [0.2, 0.25) is 0 Å². The molecule has 0 aliphatic carbocycles. The minimum Gasteiger partial charge on any atom is -0.295 e. The van der Waals surface area contributed by atoms with E-state index in [-0.39, 0.29) is 0 Å². The van der Waals surface area contributed by atoms with Crippen molar-refractivity contribution in [2.45, 2.75) is 79.3 Å². The molecule has 1 nitrogen and oxygen atoms in total. The molecule has 0 spiro atoms. The van der Waals surface area contributed by atoms with Gasteiger partial charge in [-0.05, 0) is 48.4 Å². The quantitative estimate of drug-likeness (QED) is 0.246. The van der Waals surface area contributed by atoms with Crippen LogP contribution in [0.25, 0.3) is 0 Å². The van der Waals surface area contributed by atoms with Crippen LogP contribution < -0.4 is 0 Å². The van der Waals surface area contributed by atoms with E-state index < -0.39 is 0 Å². The standard InChI is InChI=1S/C26H37N.C2H6/c1-4-7-9-12-23(5-2)19-20-27(21-25-13-10-8-11-14-25)22-26-17-15-24(6-3)16-18-26;1-2/h5,8,10-11,13-18,23H,2,4,6-7,9,12,19-22H2,1,3H3;1-2H3. The lowest BCUT2D eigenvalue weighted by Crippen LogP contribution is -2.25. The number of nitrogens with zero attached hydrogens (tertiary/aromatic N) is 1. The second kappa shape index (κ2) is 16.0. The van der Waals surface area contributed by atoms with E-state index in [9.17, 15) is 0 Å². The zero-order valence-corrected chi connectivity index (χ0v) is 19.4. The Kier molecular flexibility index (Phi) is 13.9. The van der Waals surface area contributed by atoms with Crippen LogP contribution in [0, 0.1) is 5.92 Å². The van der Waals surface area contributed by atoms with E-state index in [0.29, 0.717) is 5.92 Å². The molecule has 0 aliphatic heterocycles. The van der Waals surface area contributed by atoms with Gasteiger partial charge in [0.2, 0.25) is 0 Å². The summed E-state index contributed by atoms with van der Waals surface area (Å²) in [5, 5.41) is 0. The predicted octanol–water partition coefficient (Wildman–Crippen LogP) is 8.05. The minimum atomic E-state index is 0.636. The summed E-state index contributed by atoms with van der Waals surface area (Å²) in [6.45, 7) is 15.7. The molecular formula is C28H43N. The maximum absolute atomic E-state index is 4.09. The lowest BCUT2D eigenvalue weighted by molar-refractivity contribution is 0.240. The summed E-state index contributed by atoms with van der Waals surface area (Å²) in [6.07, 6.45) is 9.71. The van der Waals surface area contributed by atoms with Gasteiger partial charge in [0.1, 0.15) is 0 Å². The summed E-state index contributed by atoms with van der Waals surface area (Å²) in [5.41, 5.74) is 4.21. The number of hydrogen-bond donors (Lipinski definition) is 0. The van der Waals surface area contributed by atoms with Gasteiger partial charge in [0.25, 0.3) is 0 Å². The normalized spacial score (nSPS) is 11.6. The van der Waals surface area contributed by atoms with Gasteiger partial charge in [-0.3, -0.25) is 4.90 Å². The lowest BCUT2D eigenvalue weighted by atomic mass is 9.97. The number of unbranched alkanes of at least 4 members (excludes halogenated alkanes) is 2. The second-order valence-corrected chi connectivity index (χ2v) is 7.65. The van der Waals surface area contributed by atoms with Crippen LogP contribution in [0.15, 0.2) is 67.3 Å². The van der Waals surface area contributed by atoms with Gasteiger partial charge in [0.05, 0.1) is 0 Å². The van der Waals surface area contributed by atoms with Crippen molar-refractivity contribution >= 4 is 0 Å². The molecular weight excluding hydrogens is 350 g/mol. The van der Waals surface area contributed by atoms with Crippen molar-refractivity contribution in [2.24, 2.45) is 5.92 Å². The molecule has 29 heavy (non-hydrogen) atoms. The van der Waals surface area contributed by atoms with Crippen LogP contribution in [0.3, 0.4) is 0 Å². The summed E-state index contributed by atoms with van der Waals surface area (Å²) in [7, 11) is 0. The van der Waals surface area contributed by atoms with Gasteiger partial charge in [0.15, 0.2) is 0 Å². The molecule has 0 bridgehead atoms. The van der Waals surface area contributed by atoms with E-state index >= 15 is 0 Å². The molecule has 1 heteroatoms. The lowest BCUT2D eigenvalue weighted by Gasteiger charge is -2.25. The Balaban J connectivity index is 0.00000204. The van der Waals surface area contributed by atoms with E-state index in [1.807, 2.05) is 13.8 Å². The topological polar surface area (TPSA) is 3.24 Å². The maximum Gasteiger partial charge on any atom is 0.0237 e. The van der Waals surface area contributed by atoms with Crippen molar-refractivity contribution in [3.63, 3.8) is 0 Å². The third kappa shape index (κ3) is 10.5. The minimum absolute atomic E-state index is 0.636. The first-order valence-corrected chi connectivity index (χ1v) is 11.7. The summed E-state index contributed by atoms with van der Waals surface area (Å²) in [5.74, 6) is 0.636. The van der Waals surface area contributed by atoms with E-state index in [1.54, 1.807) is 0 Å². The molecule has 0 N–H and O–H groups in total. The van der Waals surface area contributed by atoms with Crippen molar-refractivity contribution in [1.29, 1.82) is 0 Å². The van der Waals surface area contributed by atoms with Gasteiger partial charge in [-0.15, -0.1) is 6.58 Å². The molecule has 2 aromatic rings. The van der Waals surface area contributed by atoms with Gasteiger partial charge >= 0.3 is 0 Å². The molecule has 1 unspecified atom stereocenters. The zero-order valence-electron chi connectivity index (χ0n) is 19.4. The predicted molar refractivity (Wildman–Crippen MR) is 130 cm³/mol. The van der Waals surface area contributed by atoms with E-state index in [1.165, 1.54) is 48.8 Å². The molecule has 0 saturated heterocycles. The van der Waals surface area contributed by atoms with Crippen LogP contribution >= 0.6 is 0 Å². The van der Waals surface area contributed by atoms with Crippen LogP contribution in [-0.2, 0) is 19.5 Å². The van der Waals surface area contributed by atoms with E-state index in [4.69, 9.17) is 0 Å². The monoisotopic (exact) mass is 393 g/mol. The third-order valence-corrected chi connectivity index (χ3v) is 5.41. The van der Waals surface area contributed by atoms with Crippen LogP contribution in [0.5, 0.6) is 0 Å². The average molecular weight is 394 g/mol. The molecule has 160 valence electrons. The van der Waals surface area contributed by atoms with Crippen LogP contribution in [0.1, 0.15) is 76.5 Å². The van der Waals surface area contributed by atoms with Gasteiger partial charge < -0.3 is 0 Å². The highest BCUT2D eigenvalue weighted by atomic mass is 15.1. The van der Waals surface area contributed by atoms with E-state index in [2.05, 4.69) is 86.0 Å². The maximum atomic E-state index is 4.09. The molecule has 0 aromatic heterocycles. The molecule has 1 atom stereocenters. The smallest absolute Gasteiger partial charge is 0.0237 e. The molecule has 0 saturated carbocycles.